The van der Waals surface area contributed by atoms with E-state index in [1.165, 1.54) is 6.33 Å². The van der Waals surface area contributed by atoms with E-state index in [1.54, 1.807) is 6.07 Å². The summed E-state index contributed by atoms with van der Waals surface area (Å²) in [6.07, 6.45) is 2.53. The molecule has 2 bridgehead atoms. The van der Waals surface area contributed by atoms with Gasteiger partial charge in [-0.3, -0.25) is 0 Å². The molecule has 0 unspecified atom stereocenters. The summed E-state index contributed by atoms with van der Waals surface area (Å²) < 4.78 is 14.5. The van der Waals surface area contributed by atoms with Gasteiger partial charge in [0.2, 0.25) is 0 Å². The van der Waals surface area contributed by atoms with Crippen LogP contribution in [0.15, 0.2) is 16.9 Å². The van der Waals surface area contributed by atoms with Crippen LogP contribution in [0.2, 0.25) is 5.02 Å². The highest BCUT2D eigenvalue weighted by Gasteiger charge is 2.39. The van der Waals surface area contributed by atoms with Gasteiger partial charge in [-0.1, -0.05) is 11.6 Å². The van der Waals surface area contributed by atoms with Gasteiger partial charge in [0.15, 0.2) is 5.82 Å². The number of aromatic nitrogens is 2. The maximum Gasteiger partial charge on any atom is 0.165 e. The molecule has 0 amide bonds. The number of nitrogens with one attached hydrogen (secondary N) is 1. The maximum atomic E-state index is 14.3. The molecule has 1 aromatic carbocycles. The Labute approximate surface area is 128 Å². The summed E-state index contributed by atoms with van der Waals surface area (Å²) in [5, 5.41) is 4.46. The van der Waals surface area contributed by atoms with Crippen LogP contribution in [0.3, 0.4) is 0 Å². The van der Waals surface area contributed by atoms with Gasteiger partial charge >= 0.3 is 0 Å². The van der Waals surface area contributed by atoms with Crippen molar-refractivity contribution < 1.29 is 4.39 Å². The molecule has 2 atom stereocenters. The third kappa shape index (κ3) is 1.75. The van der Waals surface area contributed by atoms with Gasteiger partial charge in [-0.15, -0.1) is 0 Å². The van der Waals surface area contributed by atoms with E-state index in [0.29, 0.717) is 28.0 Å². The third-order valence-corrected chi connectivity index (χ3v) is 5.37. The van der Waals surface area contributed by atoms with Crippen molar-refractivity contribution in [3.63, 3.8) is 0 Å². The summed E-state index contributed by atoms with van der Waals surface area (Å²) in [7, 11) is 0. The number of halogens is 3. The molecule has 2 saturated heterocycles. The molecule has 4 nitrogen and oxygen atoms in total. The molecular formula is C13H11BrClFN4. The van der Waals surface area contributed by atoms with Crippen molar-refractivity contribution in [1.29, 1.82) is 0 Å². The number of fused-ring (bicyclic) bond motifs is 3. The SMILES string of the molecule is Fc1c(Br)c(Cl)cc2c(N3C[C@@H]4C[C@H]3CN4)ncnc12. The molecule has 2 aliphatic rings. The van der Waals surface area contributed by atoms with Gasteiger partial charge in [-0.2, -0.15) is 0 Å². The van der Waals surface area contributed by atoms with Crippen molar-refractivity contribution in [2.75, 3.05) is 18.0 Å². The lowest BCUT2D eigenvalue weighted by atomic mass is 10.2. The third-order valence-electron chi connectivity index (χ3n) is 4.07. The second-order valence-corrected chi connectivity index (χ2v) is 6.43. The number of piperazine rings is 1. The molecule has 20 heavy (non-hydrogen) atoms. The van der Waals surface area contributed by atoms with Crippen LogP contribution in [0.5, 0.6) is 0 Å². The summed E-state index contributed by atoms with van der Waals surface area (Å²) in [6, 6.07) is 2.66. The monoisotopic (exact) mass is 356 g/mol. The largest absolute Gasteiger partial charge is 0.350 e. The fourth-order valence-corrected chi connectivity index (χ4v) is 3.64. The van der Waals surface area contributed by atoms with E-state index in [0.717, 1.165) is 25.3 Å². The number of hydrogen-bond donors (Lipinski definition) is 1. The fraction of sp³-hybridized carbons (Fsp3) is 0.385. The Morgan fingerprint density at radius 2 is 2.30 bits per heavy atom. The highest BCUT2D eigenvalue weighted by atomic mass is 79.9. The van der Waals surface area contributed by atoms with Crippen molar-refractivity contribution in [3.05, 3.63) is 27.7 Å². The first-order chi connectivity index (χ1) is 9.65. The Morgan fingerprint density at radius 1 is 1.45 bits per heavy atom. The molecule has 1 aromatic heterocycles. The smallest absolute Gasteiger partial charge is 0.165 e. The predicted octanol–water partition coefficient (Wildman–Crippen LogP) is 2.74. The fourth-order valence-electron chi connectivity index (χ4n) is 3.14. The van der Waals surface area contributed by atoms with E-state index < -0.39 is 5.82 Å². The Kier molecular flexibility index (Phi) is 2.87. The van der Waals surface area contributed by atoms with Crippen LogP contribution in [0.4, 0.5) is 10.2 Å². The highest BCUT2D eigenvalue weighted by Crippen LogP contribution is 2.37. The number of nitrogens with zero attached hydrogens (tertiary/aromatic N) is 3. The molecule has 7 heteroatoms. The summed E-state index contributed by atoms with van der Waals surface area (Å²) in [5.41, 5.74) is 0.307. The van der Waals surface area contributed by atoms with Crippen molar-refractivity contribution in [3.8, 4) is 0 Å². The van der Waals surface area contributed by atoms with E-state index in [4.69, 9.17) is 11.6 Å². The molecule has 1 N–H and O–H groups in total. The number of hydrogen-bond acceptors (Lipinski definition) is 4. The molecule has 0 spiro atoms. The van der Waals surface area contributed by atoms with Gasteiger partial charge in [0, 0.05) is 30.6 Å². The van der Waals surface area contributed by atoms with E-state index in [9.17, 15) is 4.39 Å². The lowest BCUT2D eigenvalue weighted by Crippen LogP contribution is -2.44. The first-order valence-corrected chi connectivity index (χ1v) is 7.60. The number of benzene rings is 1. The van der Waals surface area contributed by atoms with Crippen LogP contribution < -0.4 is 10.2 Å². The molecule has 0 aliphatic carbocycles. The zero-order valence-electron chi connectivity index (χ0n) is 10.4. The Balaban J connectivity index is 1.92. The first kappa shape index (κ1) is 12.7. The standard InChI is InChI=1S/C13H11BrClFN4/c14-10-9(15)2-8-12(11(10)16)18-5-19-13(8)20-4-6-1-7(20)3-17-6/h2,5-7,17H,1,3-4H2/t6-,7-/m0/s1. The summed E-state index contributed by atoms with van der Waals surface area (Å²) in [6.45, 7) is 1.84. The summed E-state index contributed by atoms with van der Waals surface area (Å²) >= 11 is 9.23. The van der Waals surface area contributed by atoms with Gasteiger partial charge in [-0.05, 0) is 28.4 Å². The van der Waals surface area contributed by atoms with E-state index in [1.807, 2.05) is 0 Å². The molecule has 0 saturated carbocycles. The lowest BCUT2D eigenvalue weighted by molar-refractivity contribution is 0.577. The highest BCUT2D eigenvalue weighted by molar-refractivity contribution is 9.10. The van der Waals surface area contributed by atoms with E-state index in [-0.39, 0.29) is 4.47 Å². The van der Waals surface area contributed by atoms with Crippen LogP contribution in [0.1, 0.15) is 6.42 Å². The molecule has 104 valence electrons. The number of rotatable bonds is 1. The molecular weight excluding hydrogens is 347 g/mol. The second kappa shape index (κ2) is 4.51. The van der Waals surface area contributed by atoms with Gasteiger partial charge in [0.25, 0.3) is 0 Å². The quantitative estimate of drug-likeness (QED) is 0.797. The summed E-state index contributed by atoms with van der Waals surface area (Å²) in [5.74, 6) is 0.343. The Morgan fingerprint density at radius 3 is 3.00 bits per heavy atom. The molecule has 2 aliphatic heterocycles. The normalized spacial score (nSPS) is 24.9. The first-order valence-electron chi connectivity index (χ1n) is 6.43. The topological polar surface area (TPSA) is 41.0 Å². The molecule has 2 aromatic rings. The van der Waals surface area contributed by atoms with Crippen molar-refractivity contribution >= 4 is 44.3 Å². The molecule has 4 rings (SSSR count). The molecule has 0 radical (unpaired) electrons. The minimum atomic E-state index is -0.432. The van der Waals surface area contributed by atoms with Crippen LogP contribution in [-0.4, -0.2) is 35.1 Å². The Hall–Kier alpha value is -0.980. The van der Waals surface area contributed by atoms with Crippen LogP contribution in [-0.2, 0) is 0 Å². The summed E-state index contributed by atoms with van der Waals surface area (Å²) in [4.78, 5) is 10.7. The zero-order chi connectivity index (χ0) is 13.9. The van der Waals surface area contributed by atoms with Crippen molar-refractivity contribution in [2.24, 2.45) is 0 Å². The zero-order valence-corrected chi connectivity index (χ0v) is 12.7. The maximum absolute atomic E-state index is 14.3. The minimum absolute atomic E-state index is 0.251. The van der Waals surface area contributed by atoms with E-state index in [2.05, 4.69) is 36.1 Å². The minimum Gasteiger partial charge on any atom is -0.350 e. The van der Waals surface area contributed by atoms with Crippen LogP contribution in [0.25, 0.3) is 10.9 Å². The van der Waals surface area contributed by atoms with Crippen LogP contribution >= 0.6 is 27.5 Å². The van der Waals surface area contributed by atoms with Gasteiger partial charge in [0.1, 0.15) is 17.7 Å². The van der Waals surface area contributed by atoms with Crippen LogP contribution in [0, 0.1) is 5.82 Å². The predicted molar refractivity (Wildman–Crippen MR) is 79.7 cm³/mol. The Bertz CT molecular complexity index is 710. The second-order valence-electron chi connectivity index (χ2n) is 5.23. The molecule has 2 fully saturated rings. The van der Waals surface area contributed by atoms with E-state index >= 15 is 0 Å². The van der Waals surface area contributed by atoms with Gasteiger partial charge in [-0.25, -0.2) is 14.4 Å². The van der Waals surface area contributed by atoms with Crippen molar-refractivity contribution in [1.82, 2.24) is 15.3 Å². The lowest BCUT2D eigenvalue weighted by Gasteiger charge is -2.29. The average Bonchev–Trinajstić information content (AvgIpc) is 3.07. The van der Waals surface area contributed by atoms with Crippen molar-refractivity contribution in [2.45, 2.75) is 18.5 Å². The van der Waals surface area contributed by atoms with Gasteiger partial charge < -0.3 is 10.2 Å². The van der Waals surface area contributed by atoms with Gasteiger partial charge in [0.05, 0.1) is 9.50 Å². The molecule has 3 heterocycles. The average molecular weight is 358 g/mol. The number of anilines is 1.